The van der Waals surface area contributed by atoms with Gasteiger partial charge in [0.1, 0.15) is 0 Å². The molecule has 0 bridgehead atoms. The molecular formula is C13H15F3N2O. The zero-order valence-corrected chi connectivity index (χ0v) is 10.5. The maximum Gasteiger partial charge on any atom is 0.416 e. The highest BCUT2D eigenvalue weighted by Gasteiger charge is 2.35. The molecule has 1 aromatic carbocycles. The summed E-state index contributed by atoms with van der Waals surface area (Å²) in [5, 5.41) is 2.75. The lowest BCUT2D eigenvalue weighted by Gasteiger charge is -2.39. The van der Waals surface area contributed by atoms with Crippen molar-refractivity contribution >= 4 is 11.6 Å². The molecule has 0 aromatic heterocycles. The van der Waals surface area contributed by atoms with E-state index in [1.807, 2.05) is 6.92 Å². The van der Waals surface area contributed by atoms with Crippen LogP contribution >= 0.6 is 0 Å². The van der Waals surface area contributed by atoms with E-state index in [0.29, 0.717) is 0 Å². The Morgan fingerprint density at radius 1 is 1.32 bits per heavy atom. The van der Waals surface area contributed by atoms with Crippen LogP contribution in [-0.2, 0) is 6.18 Å². The second kappa shape index (κ2) is 4.43. The highest BCUT2D eigenvalue weighted by Crippen LogP contribution is 2.33. The van der Waals surface area contributed by atoms with Gasteiger partial charge in [-0.3, -0.25) is 4.79 Å². The van der Waals surface area contributed by atoms with E-state index in [1.165, 1.54) is 6.07 Å². The Balaban J connectivity index is 2.24. The Hall–Kier alpha value is -1.72. The monoisotopic (exact) mass is 272 g/mol. The van der Waals surface area contributed by atoms with Gasteiger partial charge in [0.05, 0.1) is 5.56 Å². The molecule has 6 heteroatoms. The number of amides is 1. The van der Waals surface area contributed by atoms with E-state index in [-0.39, 0.29) is 16.8 Å². The van der Waals surface area contributed by atoms with Gasteiger partial charge in [0, 0.05) is 16.8 Å². The van der Waals surface area contributed by atoms with Crippen LogP contribution in [0.3, 0.4) is 0 Å². The van der Waals surface area contributed by atoms with Crippen LogP contribution in [0.4, 0.5) is 18.9 Å². The summed E-state index contributed by atoms with van der Waals surface area (Å²) in [6.45, 7) is 1.88. The summed E-state index contributed by atoms with van der Waals surface area (Å²) in [4.78, 5) is 12.0. The third-order valence-corrected chi connectivity index (χ3v) is 3.42. The normalized spacial score (nSPS) is 17.7. The van der Waals surface area contributed by atoms with E-state index in [9.17, 15) is 18.0 Å². The fourth-order valence-corrected chi connectivity index (χ4v) is 2.12. The number of nitrogen functional groups attached to an aromatic ring is 1. The van der Waals surface area contributed by atoms with Crippen LogP contribution in [0.2, 0.25) is 0 Å². The molecule has 0 atom stereocenters. The predicted molar refractivity (Wildman–Crippen MR) is 65.6 cm³/mol. The molecule has 1 aliphatic rings. The summed E-state index contributed by atoms with van der Waals surface area (Å²) in [6.07, 6.45) is -1.81. The lowest BCUT2D eigenvalue weighted by Crippen LogP contribution is -2.50. The number of nitrogens with one attached hydrogen (secondary N) is 1. The molecule has 1 saturated carbocycles. The van der Waals surface area contributed by atoms with Crippen molar-refractivity contribution in [1.29, 1.82) is 0 Å². The zero-order valence-electron chi connectivity index (χ0n) is 10.5. The third-order valence-electron chi connectivity index (χ3n) is 3.42. The molecule has 3 nitrogen and oxygen atoms in total. The Labute approximate surface area is 109 Å². The molecule has 0 aliphatic heterocycles. The number of hydrogen-bond donors (Lipinski definition) is 2. The maximum atomic E-state index is 12.6. The van der Waals surface area contributed by atoms with Gasteiger partial charge in [-0.1, -0.05) is 0 Å². The fraction of sp³-hybridized carbons (Fsp3) is 0.462. The molecule has 0 radical (unpaired) electrons. The molecule has 104 valence electrons. The van der Waals surface area contributed by atoms with Crippen LogP contribution in [0.1, 0.15) is 42.1 Å². The van der Waals surface area contributed by atoms with Crippen molar-refractivity contribution in [2.45, 2.75) is 37.9 Å². The van der Waals surface area contributed by atoms with Crippen molar-refractivity contribution in [3.63, 3.8) is 0 Å². The number of nitrogens with two attached hydrogens (primary N) is 1. The van der Waals surface area contributed by atoms with E-state index in [0.717, 1.165) is 31.4 Å². The number of carbonyl (C=O) groups excluding carboxylic acids is 1. The zero-order chi connectivity index (χ0) is 14.3. The van der Waals surface area contributed by atoms with Gasteiger partial charge in [0.2, 0.25) is 0 Å². The Bertz CT molecular complexity index is 507. The van der Waals surface area contributed by atoms with E-state index in [2.05, 4.69) is 5.32 Å². The van der Waals surface area contributed by atoms with Crippen LogP contribution < -0.4 is 11.1 Å². The third kappa shape index (κ3) is 3.00. The first-order valence-corrected chi connectivity index (χ1v) is 6.00. The summed E-state index contributed by atoms with van der Waals surface area (Å²) >= 11 is 0. The molecule has 2 rings (SSSR count). The Morgan fingerprint density at radius 3 is 2.42 bits per heavy atom. The van der Waals surface area contributed by atoms with Gasteiger partial charge in [0.25, 0.3) is 5.91 Å². The predicted octanol–water partition coefficient (Wildman–Crippen LogP) is 2.96. The fourth-order valence-electron chi connectivity index (χ4n) is 2.12. The summed E-state index contributed by atoms with van der Waals surface area (Å²) in [6, 6.07) is 2.90. The first-order chi connectivity index (χ1) is 8.70. The van der Waals surface area contributed by atoms with E-state index >= 15 is 0 Å². The number of anilines is 1. The van der Waals surface area contributed by atoms with Crippen molar-refractivity contribution in [2.75, 3.05) is 5.73 Å². The van der Waals surface area contributed by atoms with Crippen molar-refractivity contribution in [3.05, 3.63) is 29.3 Å². The van der Waals surface area contributed by atoms with E-state index < -0.39 is 17.6 Å². The number of halogens is 3. The van der Waals surface area contributed by atoms with Crippen molar-refractivity contribution in [3.8, 4) is 0 Å². The van der Waals surface area contributed by atoms with E-state index in [1.54, 1.807) is 0 Å². The number of rotatable bonds is 2. The van der Waals surface area contributed by atoms with Gasteiger partial charge >= 0.3 is 6.18 Å². The lowest BCUT2D eigenvalue weighted by atomic mass is 9.78. The van der Waals surface area contributed by atoms with Gasteiger partial charge in [-0.15, -0.1) is 0 Å². The molecule has 1 aromatic rings. The summed E-state index contributed by atoms with van der Waals surface area (Å²) in [5.74, 6) is -0.514. The van der Waals surface area contributed by atoms with Gasteiger partial charge < -0.3 is 11.1 Å². The molecule has 0 spiro atoms. The molecule has 3 N–H and O–H groups in total. The number of carbonyl (C=O) groups is 1. The number of hydrogen-bond acceptors (Lipinski definition) is 2. The highest BCUT2D eigenvalue weighted by atomic mass is 19.4. The van der Waals surface area contributed by atoms with Crippen molar-refractivity contribution < 1.29 is 18.0 Å². The average molecular weight is 272 g/mol. The summed E-state index contributed by atoms with van der Waals surface area (Å²) < 4.78 is 37.9. The smallest absolute Gasteiger partial charge is 0.399 e. The molecule has 1 aliphatic carbocycles. The van der Waals surface area contributed by atoms with Gasteiger partial charge in [-0.25, -0.2) is 0 Å². The average Bonchev–Trinajstić information content (AvgIpc) is 2.24. The van der Waals surface area contributed by atoms with E-state index in [4.69, 9.17) is 5.73 Å². The van der Waals surface area contributed by atoms with Crippen molar-refractivity contribution in [2.24, 2.45) is 0 Å². The SMILES string of the molecule is CC1(NC(=O)c2cc(N)cc(C(F)(F)F)c2)CCC1. The Morgan fingerprint density at radius 2 is 1.95 bits per heavy atom. The van der Waals surface area contributed by atoms with Crippen molar-refractivity contribution in [1.82, 2.24) is 5.32 Å². The minimum absolute atomic E-state index is 0.0551. The van der Waals surface area contributed by atoms with Crippen LogP contribution in [0.5, 0.6) is 0 Å². The highest BCUT2D eigenvalue weighted by molar-refractivity contribution is 5.95. The topological polar surface area (TPSA) is 55.1 Å². The quantitative estimate of drug-likeness (QED) is 0.813. The lowest BCUT2D eigenvalue weighted by molar-refractivity contribution is -0.137. The molecule has 0 heterocycles. The molecule has 0 saturated heterocycles. The standard InChI is InChI=1S/C13H15F3N2O/c1-12(3-2-4-12)18-11(19)8-5-9(13(14,15)16)7-10(17)6-8/h5-7H,2-4,17H2,1H3,(H,18,19). The van der Waals surface area contributed by atoms with Crippen LogP contribution in [0.15, 0.2) is 18.2 Å². The second-order valence-corrected chi connectivity index (χ2v) is 5.21. The minimum Gasteiger partial charge on any atom is -0.399 e. The number of benzene rings is 1. The van der Waals surface area contributed by atoms with Crippen LogP contribution in [-0.4, -0.2) is 11.4 Å². The number of alkyl halides is 3. The largest absolute Gasteiger partial charge is 0.416 e. The molecule has 1 fully saturated rings. The minimum atomic E-state index is -4.51. The first-order valence-electron chi connectivity index (χ1n) is 6.00. The van der Waals surface area contributed by atoms with Gasteiger partial charge in [0.15, 0.2) is 0 Å². The van der Waals surface area contributed by atoms with Gasteiger partial charge in [-0.2, -0.15) is 13.2 Å². The molecule has 19 heavy (non-hydrogen) atoms. The Kier molecular flexibility index (Phi) is 3.20. The molecule has 0 unspecified atom stereocenters. The maximum absolute atomic E-state index is 12.6. The van der Waals surface area contributed by atoms with Crippen LogP contribution in [0.25, 0.3) is 0 Å². The molecular weight excluding hydrogens is 257 g/mol. The summed E-state index contributed by atoms with van der Waals surface area (Å²) in [7, 11) is 0. The second-order valence-electron chi connectivity index (χ2n) is 5.21. The van der Waals surface area contributed by atoms with Gasteiger partial charge in [-0.05, 0) is 44.4 Å². The first kappa shape index (κ1) is 13.7. The summed E-state index contributed by atoms with van der Waals surface area (Å²) in [5.41, 5.74) is 4.09. The van der Waals surface area contributed by atoms with Crippen LogP contribution in [0, 0.1) is 0 Å². The molecule has 1 amide bonds.